The van der Waals surface area contributed by atoms with Crippen LogP contribution in [0.5, 0.6) is 0 Å². The normalized spacial score (nSPS) is 30.4. The number of nitrogens with one attached hydrogen (secondary N) is 1. The summed E-state index contributed by atoms with van der Waals surface area (Å²) in [5, 5.41) is 4.97. The van der Waals surface area contributed by atoms with Crippen LogP contribution >= 0.6 is 11.3 Å². The van der Waals surface area contributed by atoms with Gasteiger partial charge >= 0.3 is 0 Å². The molecule has 0 radical (unpaired) electrons. The molecule has 102 valence electrons. The van der Waals surface area contributed by atoms with Gasteiger partial charge in [0.25, 0.3) is 0 Å². The van der Waals surface area contributed by atoms with E-state index >= 15 is 0 Å². The summed E-state index contributed by atoms with van der Waals surface area (Å²) in [4.78, 5) is 6.03. The Morgan fingerprint density at radius 2 is 1.94 bits per heavy atom. The van der Waals surface area contributed by atoms with Gasteiger partial charge in [0.1, 0.15) is 0 Å². The molecule has 1 fully saturated rings. The minimum Gasteiger partial charge on any atom is -0.306 e. The van der Waals surface area contributed by atoms with E-state index in [1.54, 1.807) is 0 Å². The average Bonchev–Trinajstić information content (AvgIpc) is 2.63. The van der Waals surface area contributed by atoms with Crippen LogP contribution in [0.3, 0.4) is 0 Å². The summed E-state index contributed by atoms with van der Waals surface area (Å²) in [5.41, 5.74) is 1.25. The zero-order chi connectivity index (χ0) is 13.3. The zero-order valence-electron chi connectivity index (χ0n) is 12.3. The van der Waals surface area contributed by atoms with E-state index in [-0.39, 0.29) is 0 Å². The standard InChI is InChI=1S/C15H26N2S/c1-9-6-7-14(8-10(9)2)16-11(3)15-12(4)18-13(5)17-15/h9-11,14,16H,6-8H2,1-5H3. The Kier molecular flexibility index (Phi) is 4.44. The van der Waals surface area contributed by atoms with Crippen LogP contribution in [0.25, 0.3) is 0 Å². The highest BCUT2D eigenvalue weighted by atomic mass is 32.1. The first-order chi connectivity index (χ1) is 8.47. The van der Waals surface area contributed by atoms with Crippen molar-refractivity contribution in [1.82, 2.24) is 10.3 Å². The molecule has 4 atom stereocenters. The Bertz CT molecular complexity index is 399. The lowest BCUT2D eigenvalue weighted by atomic mass is 9.79. The van der Waals surface area contributed by atoms with Crippen molar-refractivity contribution in [3.8, 4) is 0 Å². The molecular formula is C15H26N2S. The monoisotopic (exact) mass is 266 g/mol. The van der Waals surface area contributed by atoms with Gasteiger partial charge in [-0.3, -0.25) is 0 Å². The third kappa shape index (κ3) is 3.12. The van der Waals surface area contributed by atoms with E-state index in [2.05, 4.69) is 44.9 Å². The third-order valence-electron chi connectivity index (χ3n) is 4.43. The first-order valence-corrected chi connectivity index (χ1v) is 7.99. The highest BCUT2D eigenvalue weighted by Gasteiger charge is 2.26. The SMILES string of the molecule is Cc1nc(C(C)NC2CCC(C)C(C)C2)c(C)s1. The topological polar surface area (TPSA) is 24.9 Å². The largest absolute Gasteiger partial charge is 0.306 e. The van der Waals surface area contributed by atoms with Gasteiger partial charge in [0.15, 0.2) is 0 Å². The first-order valence-electron chi connectivity index (χ1n) is 7.17. The minimum atomic E-state index is 0.389. The fourth-order valence-electron chi connectivity index (χ4n) is 3.08. The molecule has 18 heavy (non-hydrogen) atoms. The molecule has 1 aliphatic rings. The van der Waals surface area contributed by atoms with Crippen molar-refractivity contribution in [3.05, 3.63) is 15.6 Å². The molecule has 1 aromatic heterocycles. The van der Waals surface area contributed by atoms with Crippen molar-refractivity contribution in [2.45, 2.75) is 66.0 Å². The second-order valence-corrected chi connectivity index (χ2v) is 7.43. The summed E-state index contributed by atoms with van der Waals surface area (Å²) in [6, 6.07) is 1.06. The predicted molar refractivity (Wildman–Crippen MR) is 79.1 cm³/mol. The fourth-order valence-corrected chi connectivity index (χ4v) is 3.99. The van der Waals surface area contributed by atoms with E-state index in [1.807, 2.05) is 11.3 Å². The molecule has 1 aromatic rings. The van der Waals surface area contributed by atoms with Crippen molar-refractivity contribution in [3.63, 3.8) is 0 Å². The van der Waals surface area contributed by atoms with Gasteiger partial charge < -0.3 is 5.32 Å². The molecule has 3 heteroatoms. The molecule has 2 nitrogen and oxygen atoms in total. The number of nitrogens with zero attached hydrogens (tertiary/aromatic N) is 1. The van der Waals surface area contributed by atoms with Gasteiger partial charge in [-0.1, -0.05) is 13.8 Å². The molecule has 0 bridgehead atoms. The van der Waals surface area contributed by atoms with Crippen molar-refractivity contribution >= 4 is 11.3 Å². The van der Waals surface area contributed by atoms with Crippen molar-refractivity contribution in [2.24, 2.45) is 11.8 Å². The van der Waals surface area contributed by atoms with Crippen LogP contribution in [0.4, 0.5) is 0 Å². The molecule has 0 spiro atoms. The van der Waals surface area contributed by atoms with Crippen LogP contribution in [0.1, 0.15) is 61.7 Å². The van der Waals surface area contributed by atoms with E-state index in [0.29, 0.717) is 12.1 Å². The second-order valence-electron chi connectivity index (χ2n) is 6.03. The molecular weight excluding hydrogens is 240 g/mol. The molecule has 4 unspecified atom stereocenters. The van der Waals surface area contributed by atoms with Crippen molar-refractivity contribution in [1.29, 1.82) is 0 Å². The van der Waals surface area contributed by atoms with Gasteiger partial charge in [-0.05, 0) is 51.9 Å². The summed E-state index contributed by atoms with van der Waals surface area (Å²) in [6.45, 7) is 11.3. The Hall–Kier alpha value is -0.410. The van der Waals surface area contributed by atoms with Crippen molar-refractivity contribution in [2.75, 3.05) is 0 Å². The summed E-state index contributed by atoms with van der Waals surface area (Å²) in [5.74, 6) is 1.74. The van der Waals surface area contributed by atoms with E-state index in [1.165, 1.54) is 34.8 Å². The summed E-state index contributed by atoms with van der Waals surface area (Å²) in [6.07, 6.45) is 3.99. The number of aryl methyl sites for hydroxylation is 2. The molecule has 1 aliphatic carbocycles. The Morgan fingerprint density at radius 3 is 2.50 bits per heavy atom. The highest BCUT2D eigenvalue weighted by Crippen LogP contribution is 2.31. The predicted octanol–water partition coefficient (Wildman–Crippen LogP) is 4.24. The van der Waals surface area contributed by atoms with E-state index in [4.69, 9.17) is 0 Å². The highest BCUT2D eigenvalue weighted by molar-refractivity contribution is 7.11. The van der Waals surface area contributed by atoms with Gasteiger partial charge in [-0.15, -0.1) is 11.3 Å². The summed E-state index contributed by atoms with van der Waals surface area (Å²) < 4.78 is 0. The van der Waals surface area contributed by atoms with Gasteiger partial charge in [0.2, 0.25) is 0 Å². The molecule has 1 heterocycles. The maximum absolute atomic E-state index is 4.67. The maximum Gasteiger partial charge on any atom is 0.0900 e. The lowest BCUT2D eigenvalue weighted by Gasteiger charge is -2.34. The van der Waals surface area contributed by atoms with Gasteiger partial charge in [-0.25, -0.2) is 4.98 Å². The lowest BCUT2D eigenvalue weighted by molar-refractivity contribution is 0.217. The van der Waals surface area contributed by atoms with Crippen LogP contribution in [0.2, 0.25) is 0 Å². The molecule has 0 amide bonds. The number of hydrogen-bond acceptors (Lipinski definition) is 3. The Labute approximate surface area is 115 Å². The Balaban J connectivity index is 1.95. The van der Waals surface area contributed by atoms with Crippen LogP contribution in [0.15, 0.2) is 0 Å². The van der Waals surface area contributed by atoms with E-state index < -0.39 is 0 Å². The van der Waals surface area contributed by atoms with Gasteiger partial charge in [0.05, 0.1) is 10.7 Å². The number of hydrogen-bond donors (Lipinski definition) is 1. The summed E-state index contributed by atoms with van der Waals surface area (Å²) >= 11 is 1.81. The number of aromatic nitrogens is 1. The zero-order valence-corrected chi connectivity index (χ0v) is 13.1. The molecule has 0 saturated heterocycles. The molecule has 1 N–H and O–H groups in total. The van der Waals surface area contributed by atoms with Crippen LogP contribution < -0.4 is 5.32 Å². The van der Waals surface area contributed by atoms with Crippen molar-refractivity contribution < 1.29 is 0 Å². The average molecular weight is 266 g/mol. The maximum atomic E-state index is 4.67. The first kappa shape index (κ1) is 14.0. The number of thiazole rings is 1. The number of rotatable bonds is 3. The van der Waals surface area contributed by atoms with Gasteiger partial charge in [-0.2, -0.15) is 0 Å². The third-order valence-corrected chi connectivity index (χ3v) is 5.34. The smallest absolute Gasteiger partial charge is 0.0900 e. The van der Waals surface area contributed by atoms with Crippen LogP contribution in [-0.2, 0) is 0 Å². The minimum absolute atomic E-state index is 0.389. The lowest BCUT2D eigenvalue weighted by Crippen LogP contribution is -2.37. The van der Waals surface area contributed by atoms with Crippen LogP contribution in [-0.4, -0.2) is 11.0 Å². The summed E-state index contributed by atoms with van der Waals surface area (Å²) in [7, 11) is 0. The Morgan fingerprint density at radius 1 is 1.22 bits per heavy atom. The van der Waals surface area contributed by atoms with E-state index in [9.17, 15) is 0 Å². The quantitative estimate of drug-likeness (QED) is 0.885. The van der Waals surface area contributed by atoms with E-state index in [0.717, 1.165) is 11.8 Å². The molecule has 2 rings (SSSR count). The fraction of sp³-hybridized carbons (Fsp3) is 0.800. The second kappa shape index (κ2) is 5.70. The van der Waals surface area contributed by atoms with Gasteiger partial charge in [0, 0.05) is 17.0 Å². The molecule has 1 saturated carbocycles. The van der Waals surface area contributed by atoms with Crippen LogP contribution in [0, 0.1) is 25.7 Å². The molecule has 0 aliphatic heterocycles. The molecule has 0 aromatic carbocycles.